The van der Waals surface area contributed by atoms with E-state index in [0.717, 1.165) is 45.0 Å². The molecule has 1 aromatic heterocycles. The average Bonchev–Trinajstić information content (AvgIpc) is 3.60. The second kappa shape index (κ2) is 16.3. The van der Waals surface area contributed by atoms with Crippen LogP contribution in [0.3, 0.4) is 0 Å². The number of carboxylic acids is 1. The van der Waals surface area contributed by atoms with Crippen LogP contribution in [0, 0.1) is 0 Å². The number of aromatic nitrogens is 3. The maximum Gasteiger partial charge on any atom is 0.303 e. The number of unbranched alkanes of at least 4 members (excludes halogenated alkanes) is 2. The minimum absolute atomic E-state index is 0.00450. The number of benzene rings is 3. The molecule has 45 heavy (non-hydrogen) atoms. The second-order valence-electron chi connectivity index (χ2n) is 11.0. The summed E-state index contributed by atoms with van der Waals surface area (Å²) in [4.78, 5) is 27.1. The van der Waals surface area contributed by atoms with Gasteiger partial charge in [-0.2, -0.15) is 5.10 Å². The number of rotatable bonds is 15. The Labute approximate surface area is 266 Å². The Morgan fingerprint density at radius 1 is 0.911 bits per heavy atom. The molecule has 236 valence electrons. The minimum atomic E-state index is -0.803. The molecule has 3 atom stereocenters. The van der Waals surface area contributed by atoms with Gasteiger partial charge in [-0.25, -0.2) is 4.98 Å². The van der Waals surface area contributed by atoms with Crippen molar-refractivity contribution >= 4 is 23.6 Å². The summed E-state index contributed by atoms with van der Waals surface area (Å²) in [7, 11) is 0. The molecule has 0 aliphatic carbocycles. The molecule has 4 aromatic rings. The Balaban J connectivity index is 1.21. The van der Waals surface area contributed by atoms with Gasteiger partial charge in [-0.05, 0) is 46.7 Å². The highest BCUT2D eigenvalue weighted by molar-refractivity contribution is 7.99. The van der Waals surface area contributed by atoms with Crippen LogP contribution in [-0.2, 0) is 32.2 Å². The van der Waals surface area contributed by atoms with Gasteiger partial charge in [0.25, 0.3) is 0 Å². The van der Waals surface area contributed by atoms with E-state index in [0.29, 0.717) is 38.0 Å². The number of aliphatic hydroxyl groups is 1. The molecule has 2 heterocycles. The summed E-state index contributed by atoms with van der Waals surface area (Å²) < 4.78 is 12.9. The highest BCUT2D eigenvalue weighted by Gasteiger charge is 2.32. The standard InChI is InChI=1S/C34H38N4O6S/c39-20-23-9-11-26(12-10-23)30-18-29(21-45-34-36-22-37-38-34)43-33(44-30)27-15-13-25(14-16-27)28-6-4-5-24(17-28)19-35-31(40)7-2-1-3-8-32(41)42/h4-6,9-17,22,29-30,33,39H,1-3,7-8,18-21H2,(H,35,40)(H,41,42)(H,36,37,38)/t29-,30+,33+/m0/s1. The van der Waals surface area contributed by atoms with Gasteiger partial charge in [-0.15, -0.1) is 0 Å². The first-order valence-corrected chi connectivity index (χ1v) is 16.1. The van der Waals surface area contributed by atoms with Gasteiger partial charge in [0, 0.05) is 37.1 Å². The van der Waals surface area contributed by atoms with Crippen LogP contribution in [0.15, 0.2) is 84.3 Å². The fourth-order valence-corrected chi connectivity index (χ4v) is 5.98. The Hall–Kier alpha value is -4.03. The molecule has 5 rings (SSSR count). The predicted octanol–water partition coefficient (Wildman–Crippen LogP) is 5.95. The SMILES string of the molecule is O=C(O)CCCCCC(=O)NCc1cccc(-c2ccc([C@@H]3O[C@H](CSc4ncn[nH]4)C[C@H](c4ccc(CO)cc4)O3)cc2)c1. The van der Waals surface area contributed by atoms with Crippen LogP contribution in [0.25, 0.3) is 11.1 Å². The van der Waals surface area contributed by atoms with Crippen LogP contribution in [-0.4, -0.2) is 49.1 Å². The van der Waals surface area contributed by atoms with Crippen LogP contribution in [0.5, 0.6) is 0 Å². The van der Waals surface area contributed by atoms with E-state index in [4.69, 9.17) is 14.6 Å². The molecule has 11 heteroatoms. The van der Waals surface area contributed by atoms with Crippen LogP contribution < -0.4 is 5.32 Å². The number of thioether (sulfide) groups is 1. The normalized spacial score (nSPS) is 18.0. The summed E-state index contributed by atoms with van der Waals surface area (Å²) in [6.45, 7) is 0.424. The molecule has 4 N–H and O–H groups in total. The van der Waals surface area contributed by atoms with E-state index in [1.54, 1.807) is 11.8 Å². The lowest BCUT2D eigenvalue weighted by atomic mass is 9.99. The summed E-state index contributed by atoms with van der Waals surface area (Å²) in [5, 5.41) is 28.7. The molecule has 10 nitrogen and oxygen atoms in total. The number of carbonyl (C=O) groups excluding carboxylic acids is 1. The number of carbonyl (C=O) groups is 2. The van der Waals surface area contributed by atoms with E-state index in [1.807, 2.05) is 54.6 Å². The number of hydrogen-bond acceptors (Lipinski definition) is 8. The molecule has 0 spiro atoms. The van der Waals surface area contributed by atoms with Gasteiger partial charge >= 0.3 is 5.97 Å². The minimum Gasteiger partial charge on any atom is -0.481 e. The van der Waals surface area contributed by atoms with Gasteiger partial charge < -0.3 is 25.0 Å². The fourth-order valence-electron chi connectivity index (χ4n) is 5.18. The number of nitrogens with zero attached hydrogens (tertiary/aromatic N) is 2. The molecule has 1 fully saturated rings. The molecule has 1 aliphatic heterocycles. The first-order valence-electron chi connectivity index (χ1n) is 15.1. The number of H-pyrrole nitrogens is 1. The van der Waals surface area contributed by atoms with E-state index in [-0.39, 0.29) is 31.1 Å². The van der Waals surface area contributed by atoms with Gasteiger partial charge in [0.05, 0.1) is 18.8 Å². The first-order chi connectivity index (χ1) is 22.0. The maximum absolute atomic E-state index is 12.3. The lowest BCUT2D eigenvalue weighted by Crippen LogP contribution is -2.31. The van der Waals surface area contributed by atoms with Crippen molar-refractivity contribution < 1.29 is 29.3 Å². The zero-order chi connectivity index (χ0) is 31.4. The number of nitrogens with one attached hydrogen (secondary N) is 2. The Morgan fingerprint density at radius 3 is 2.42 bits per heavy atom. The Bertz CT molecular complexity index is 1510. The van der Waals surface area contributed by atoms with E-state index in [1.165, 1.54) is 6.33 Å². The summed E-state index contributed by atoms with van der Waals surface area (Å²) >= 11 is 1.56. The summed E-state index contributed by atoms with van der Waals surface area (Å²) in [6, 6.07) is 24.1. The maximum atomic E-state index is 12.3. The van der Waals surface area contributed by atoms with E-state index >= 15 is 0 Å². The molecule has 0 radical (unpaired) electrons. The summed E-state index contributed by atoms with van der Waals surface area (Å²) in [5.41, 5.74) is 5.87. The highest BCUT2D eigenvalue weighted by Crippen LogP contribution is 2.39. The van der Waals surface area contributed by atoms with Crippen molar-refractivity contribution in [3.8, 4) is 11.1 Å². The number of hydrogen-bond donors (Lipinski definition) is 4. The van der Waals surface area contributed by atoms with Gasteiger partial charge in [0.2, 0.25) is 5.91 Å². The average molecular weight is 631 g/mol. The monoisotopic (exact) mass is 630 g/mol. The molecular formula is C34H38N4O6S. The molecular weight excluding hydrogens is 592 g/mol. The van der Waals surface area contributed by atoms with Crippen molar-refractivity contribution in [1.82, 2.24) is 20.5 Å². The largest absolute Gasteiger partial charge is 0.481 e. The molecule has 0 bridgehead atoms. The molecule has 1 saturated heterocycles. The van der Waals surface area contributed by atoms with Crippen LogP contribution in [0.2, 0.25) is 0 Å². The third kappa shape index (κ3) is 9.73. The number of aromatic amines is 1. The molecule has 3 aromatic carbocycles. The predicted molar refractivity (Wildman–Crippen MR) is 170 cm³/mol. The van der Waals surface area contributed by atoms with E-state index in [2.05, 4.69) is 38.7 Å². The molecule has 1 amide bonds. The van der Waals surface area contributed by atoms with Gasteiger partial charge in [-0.3, -0.25) is 14.7 Å². The van der Waals surface area contributed by atoms with Crippen molar-refractivity contribution in [2.24, 2.45) is 0 Å². The number of carboxylic acid groups (broad SMARTS) is 1. The smallest absolute Gasteiger partial charge is 0.303 e. The van der Waals surface area contributed by atoms with Crippen molar-refractivity contribution in [3.05, 3.63) is 101 Å². The Morgan fingerprint density at radius 2 is 1.69 bits per heavy atom. The van der Waals surface area contributed by atoms with Gasteiger partial charge in [0.15, 0.2) is 11.4 Å². The summed E-state index contributed by atoms with van der Waals surface area (Å²) in [5.74, 6) is -0.151. The van der Waals surface area contributed by atoms with E-state index < -0.39 is 12.3 Å². The first kappa shape index (κ1) is 32.4. The van der Waals surface area contributed by atoms with Crippen molar-refractivity contribution in [3.63, 3.8) is 0 Å². The van der Waals surface area contributed by atoms with Gasteiger partial charge in [-0.1, -0.05) is 84.9 Å². The third-order valence-corrected chi connectivity index (χ3v) is 8.65. The molecule has 1 aliphatic rings. The molecule has 0 unspecified atom stereocenters. The lowest BCUT2D eigenvalue weighted by Gasteiger charge is -2.36. The quantitative estimate of drug-likeness (QED) is 0.0924. The Kier molecular flexibility index (Phi) is 11.7. The number of ether oxygens (including phenoxy) is 2. The zero-order valence-corrected chi connectivity index (χ0v) is 25.7. The summed E-state index contributed by atoms with van der Waals surface area (Å²) in [6.07, 6.45) is 3.88. The molecule has 0 saturated carbocycles. The highest BCUT2D eigenvalue weighted by atomic mass is 32.2. The van der Waals surface area contributed by atoms with Crippen LogP contribution in [0.4, 0.5) is 0 Å². The lowest BCUT2D eigenvalue weighted by molar-refractivity contribution is -0.245. The van der Waals surface area contributed by atoms with Crippen molar-refractivity contribution in [2.75, 3.05) is 5.75 Å². The number of amides is 1. The topological polar surface area (TPSA) is 147 Å². The second-order valence-corrected chi connectivity index (χ2v) is 12.0. The van der Waals surface area contributed by atoms with Crippen molar-refractivity contribution in [2.45, 2.75) is 75.3 Å². The van der Waals surface area contributed by atoms with Crippen LogP contribution >= 0.6 is 11.8 Å². The van der Waals surface area contributed by atoms with Gasteiger partial charge in [0.1, 0.15) is 6.33 Å². The fraction of sp³-hybridized carbons (Fsp3) is 0.353. The zero-order valence-electron chi connectivity index (χ0n) is 24.9. The van der Waals surface area contributed by atoms with E-state index in [9.17, 15) is 14.7 Å². The number of aliphatic carboxylic acids is 1. The van der Waals surface area contributed by atoms with Crippen LogP contribution in [0.1, 0.15) is 73.2 Å². The van der Waals surface area contributed by atoms with Crippen molar-refractivity contribution in [1.29, 1.82) is 0 Å². The number of aliphatic hydroxyl groups excluding tert-OH is 1. The third-order valence-electron chi connectivity index (χ3n) is 7.64.